The van der Waals surface area contributed by atoms with Crippen molar-refractivity contribution in [1.29, 1.82) is 0 Å². The van der Waals surface area contributed by atoms with Gasteiger partial charge in [-0.2, -0.15) is 0 Å². The number of rotatable bonds is 4. The number of anilines is 1. The molecule has 0 saturated carbocycles. The van der Waals surface area contributed by atoms with E-state index in [0.717, 1.165) is 35.3 Å². The number of aliphatic hydroxyl groups excluding tert-OH is 1. The van der Waals surface area contributed by atoms with Crippen molar-refractivity contribution in [3.8, 4) is 0 Å². The van der Waals surface area contributed by atoms with E-state index in [4.69, 9.17) is 4.74 Å². The molecule has 1 aliphatic heterocycles. The molecule has 2 heterocycles. The Morgan fingerprint density at radius 1 is 1.50 bits per heavy atom. The number of aromatic nitrogens is 1. The second-order valence-electron chi connectivity index (χ2n) is 4.73. The van der Waals surface area contributed by atoms with Crippen molar-refractivity contribution in [2.45, 2.75) is 26.2 Å². The first-order valence-electron chi connectivity index (χ1n) is 6.19. The molecule has 6 heteroatoms. The molecule has 1 unspecified atom stereocenters. The summed E-state index contributed by atoms with van der Waals surface area (Å²) < 4.78 is 5.12. The van der Waals surface area contributed by atoms with Crippen LogP contribution in [0.15, 0.2) is 0 Å². The maximum atomic E-state index is 9.34. The molecule has 0 aliphatic carbocycles. The second kappa shape index (κ2) is 5.97. The fourth-order valence-electron chi connectivity index (χ4n) is 2.10. The summed E-state index contributed by atoms with van der Waals surface area (Å²) in [5, 5.41) is 10.3. The molecule has 18 heavy (non-hydrogen) atoms. The monoisotopic (exact) mass is 271 g/mol. The third-order valence-electron chi connectivity index (χ3n) is 3.42. The van der Waals surface area contributed by atoms with Gasteiger partial charge in [-0.15, -0.1) is 0 Å². The maximum absolute atomic E-state index is 9.34. The van der Waals surface area contributed by atoms with Gasteiger partial charge in [-0.1, -0.05) is 11.3 Å². The number of hydrogen-bond donors (Lipinski definition) is 1. The number of hydrogen-bond acceptors (Lipinski definition) is 6. The van der Waals surface area contributed by atoms with E-state index in [0.29, 0.717) is 12.6 Å². The fraction of sp³-hybridized carbons (Fsp3) is 0.750. The largest absolute Gasteiger partial charge is 0.391 e. The molecule has 0 amide bonds. The molecule has 0 spiro atoms. The van der Waals surface area contributed by atoms with Crippen molar-refractivity contribution in [2.24, 2.45) is 0 Å². The molecule has 0 aromatic carbocycles. The maximum Gasteiger partial charge on any atom is 0.186 e. The number of piperazine rings is 1. The minimum atomic E-state index is 0.0413. The summed E-state index contributed by atoms with van der Waals surface area (Å²) in [6.45, 7) is 5.76. The average Bonchev–Trinajstić information content (AvgIpc) is 2.76. The third kappa shape index (κ3) is 2.83. The van der Waals surface area contributed by atoms with Crippen LogP contribution in [-0.4, -0.2) is 54.8 Å². The van der Waals surface area contributed by atoms with Crippen LogP contribution < -0.4 is 4.90 Å². The van der Waals surface area contributed by atoms with Crippen LogP contribution in [0.25, 0.3) is 0 Å². The molecule has 1 aliphatic rings. The Bertz CT molecular complexity index is 397. The minimum Gasteiger partial charge on any atom is -0.391 e. The SMILES string of the molecule is COCc1nc(N2CCN(C)C(C)C2)sc1CO. The molecule has 0 bridgehead atoms. The molecular formula is C12H21N3O2S. The zero-order valence-corrected chi connectivity index (χ0v) is 12.0. The van der Waals surface area contributed by atoms with Crippen LogP contribution >= 0.6 is 11.3 Å². The van der Waals surface area contributed by atoms with Crippen LogP contribution in [0, 0.1) is 0 Å². The van der Waals surface area contributed by atoms with Crippen molar-refractivity contribution in [3.05, 3.63) is 10.6 Å². The summed E-state index contributed by atoms with van der Waals surface area (Å²) in [4.78, 5) is 10.2. The van der Waals surface area contributed by atoms with E-state index in [1.54, 1.807) is 18.4 Å². The Balaban J connectivity index is 2.13. The number of thiazole rings is 1. The highest BCUT2D eigenvalue weighted by molar-refractivity contribution is 7.15. The number of aliphatic hydroxyl groups is 1. The van der Waals surface area contributed by atoms with E-state index in [1.165, 1.54) is 0 Å². The van der Waals surface area contributed by atoms with Gasteiger partial charge in [0.25, 0.3) is 0 Å². The molecular weight excluding hydrogens is 250 g/mol. The molecule has 0 radical (unpaired) electrons. The highest BCUT2D eigenvalue weighted by Crippen LogP contribution is 2.28. The minimum absolute atomic E-state index is 0.0413. The zero-order chi connectivity index (χ0) is 13.1. The van der Waals surface area contributed by atoms with Crippen LogP contribution in [0.5, 0.6) is 0 Å². The lowest BCUT2D eigenvalue weighted by molar-refractivity contribution is 0.178. The Labute approximate surface area is 112 Å². The lowest BCUT2D eigenvalue weighted by atomic mass is 10.2. The summed E-state index contributed by atoms with van der Waals surface area (Å²) in [6, 6.07) is 0.533. The van der Waals surface area contributed by atoms with Gasteiger partial charge in [-0.25, -0.2) is 4.98 Å². The fourth-order valence-corrected chi connectivity index (χ4v) is 3.06. The topological polar surface area (TPSA) is 48.8 Å². The average molecular weight is 271 g/mol. The van der Waals surface area contributed by atoms with Gasteiger partial charge < -0.3 is 19.6 Å². The first-order valence-corrected chi connectivity index (χ1v) is 7.01. The van der Waals surface area contributed by atoms with Crippen molar-refractivity contribution >= 4 is 16.5 Å². The molecule has 1 aromatic heterocycles. The Morgan fingerprint density at radius 2 is 2.28 bits per heavy atom. The summed E-state index contributed by atoms with van der Waals surface area (Å²) in [7, 11) is 3.80. The number of methoxy groups -OCH3 is 1. The van der Waals surface area contributed by atoms with Crippen LogP contribution in [0.1, 0.15) is 17.5 Å². The van der Waals surface area contributed by atoms with Gasteiger partial charge >= 0.3 is 0 Å². The van der Waals surface area contributed by atoms with E-state index >= 15 is 0 Å². The van der Waals surface area contributed by atoms with Crippen LogP contribution in [0.2, 0.25) is 0 Å². The van der Waals surface area contributed by atoms with Crippen molar-refractivity contribution in [2.75, 3.05) is 38.7 Å². The van der Waals surface area contributed by atoms with Gasteiger partial charge in [0.15, 0.2) is 5.13 Å². The molecule has 1 atom stereocenters. The number of ether oxygens (including phenoxy) is 1. The smallest absolute Gasteiger partial charge is 0.186 e. The van der Waals surface area contributed by atoms with E-state index in [1.807, 2.05) is 0 Å². The molecule has 102 valence electrons. The predicted octanol–water partition coefficient (Wildman–Crippen LogP) is 0.922. The van der Waals surface area contributed by atoms with Crippen molar-refractivity contribution in [1.82, 2.24) is 9.88 Å². The van der Waals surface area contributed by atoms with Crippen molar-refractivity contribution in [3.63, 3.8) is 0 Å². The lowest BCUT2D eigenvalue weighted by Crippen LogP contribution is -2.50. The standard InChI is InChI=1S/C12H21N3O2S/c1-9-6-15(5-4-14(9)2)12-13-10(8-17-3)11(7-16)18-12/h9,16H,4-8H2,1-3H3. The highest BCUT2D eigenvalue weighted by Gasteiger charge is 2.23. The highest BCUT2D eigenvalue weighted by atomic mass is 32.1. The summed E-state index contributed by atoms with van der Waals surface area (Å²) >= 11 is 1.58. The summed E-state index contributed by atoms with van der Waals surface area (Å²) in [6.07, 6.45) is 0. The quantitative estimate of drug-likeness (QED) is 0.882. The van der Waals surface area contributed by atoms with Crippen LogP contribution in [-0.2, 0) is 18.0 Å². The molecule has 5 nitrogen and oxygen atoms in total. The second-order valence-corrected chi connectivity index (χ2v) is 5.80. The van der Waals surface area contributed by atoms with Crippen LogP contribution in [0.4, 0.5) is 5.13 Å². The number of likely N-dealkylation sites (N-methyl/N-ethyl adjacent to an activating group) is 1. The van der Waals surface area contributed by atoms with Crippen LogP contribution in [0.3, 0.4) is 0 Å². The lowest BCUT2D eigenvalue weighted by Gasteiger charge is -2.37. The molecule has 1 N–H and O–H groups in total. The first-order chi connectivity index (χ1) is 8.65. The number of nitrogens with zero attached hydrogens (tertiary/aromatic N) is 3. The van der Waals surface area contributed by atoms with E-state index < -0.39 is 0 Å². The van der Waals surface area contributed by atoms with Gasteiger partial charge in [-0.05, 0) is 14.0 Å². The van der Waals surface area contributed by atoms with Crippen molar-refractivity contribution < 1.29 is 9.84 Å². The van der Waals surface area contributed by atoms with Gasteiger partial charge in [0.05, 0.1) is 23.8 Å². The Kier molecular flexibility index (Phi) is 4.55. The van der Waals surface area contributed by atoms with Gasteiger partial charge in [-0.3, -0.25) is 0 Å². The molecule has 1 aromatic rings. The summed E-state index contributed by atoms with van der Waals surface area (Å²) in [5.74, 6) is 0. The Hall–Kier alpha value is -0.690. The third-order valence-corrected chi connectivity index (χ3v) is 4.57. The zero-order valence-electron chi connectivity index (χ0n) is 11.2. The molecule has 1 fully saturated rings. The Morgan fingerprint density at radius 3 is 2.89 bits per heavy atom. The summed E-state index contributed by atoms with van der Waals surface area (Å²) in [5.41, 5.74) is 0.867. The van der Waals surface area contributed by atoms with Gasteiger partial charge in [0, 0.05) is 32.8 Å². The normalized spacial score (nSPS) is 21.6. The molecule has 1 saturated heterocycles. The van der Waals surface area contributed by atoms with Gasteiger partial charge in [0.2, 0.25) is 0 Å². The van der Waals surface area contributed by atoms with Gasteiger partial charge in [0.1, 0.15) is 0 Å². The predicted molar refractivity (Wildman–Crippen MR) is 73.1 cm³/mol. The van der Waals surface area contributed by atoms with E-state index in [-0.39, 0.29) is 6.61 Å². The molecule has 2 rings (SSSR count). The first kappa shape index (κ1) is 13.7. The van der Waals surface area contributed by atoms with E-state index in [9.17, 15) is 5.11 Å². The van der Waals surface area contributed by atoms with E-state index in [2.05, 4.69) is 28.8 Å².